The van der Waals surface area contributed by atoms with Crippen LogP contribution < -0.4 is 10.5 Å². The standard InChI is InChI=1S/C22H27ClN2O/c1-25-13-9-16-3-8-19(26-14-12-24)15-20(16)21(25)22(10-2-11-22)17-4-6-18(23)7-5-17/h3-8,15,21H,2,9-14,24H2,1H3. The van der Waals surface area contributed by atoms with E-state index in [0.29, 0.717) is 19.2 Å². The number of fused-ring (bicyclic) bond motifs is 1. The summed E-state index contributed by atoms with van der Waals surface area (Å²) in [5.74, 6) is 0.931. The van der Waals surface area contributed by atoms with E-state index in [1.165, 1.54) is 36.0 Å². The molecule has 2 N–H and O–H groups in total. The van der Waals surface area contributed by atoms with Gasteiger partial charge in [0.15, 0.2) is 0 Å². The Hall–Kier alpha value is -1.55. The number of nitrogens with zero attached hydrogens (tertiary/aromatic N) is 1. The van der Waals surface area contributed by atoms with E-state index >= 15 is 0 Å². The van der Waals surface area contributed by atoms with Crippen molar-refractivity contribution in [1.29, 1.82) is 0 Å². The Balaban J connectivity index is 1.76. The highest BCUT2D eigenvalue weighted by molar-refractivity contribution is 6.30. The molecular formula is C22H27ClN2O. The first-order valence-electron chi connectivity index (χ1n) is 9.56. The zero-order valence-electron chi connectivity index (χ0n) is 15.4. The summed E-state index contributed by atoms with van der Waals surface area (Å²) in [6.45, 7) is 2.19. The number of likely N-dealkylation sites (N-methyl/N-ethyl adjacent to an activating group) is 1. The van der Waals surface area contributed by atoms with Gasteiger partial charge in [0.25, 0.3) is 0 Å². The van der Waals surface area contributed by atoms with Crippen molar-refractivity contribution in [3.63, 3.8) is 0 Å². The quantitative estimate of drug-likeness (QED) is 0.851. The molecule has 4 rings (SSSR count). The van der Waals surface area contributed by atoms with Gasteiger partial charge in [0.2, 0.25) is 0 Å². The molecule has 1 aliphatic carbocycles. The topological polar surface area (TPSA) is 38.5 Å². The van der Waals surface area contributed by atoms with E-state index in [1.54, 1.807) is 0 Å². The molecule has 0 spiro atoms. The largest absolute Gasteiger partial charge is 0.492 e. The zero-order valence-corrected chi connectivity index (χ0v) is 16.1. The van der Waals surface area contributed by atoms with Crippen LogP contribution in [0.4, 0.5) is 0 Å². The van der Waals surface area contributed by atoms with Crippen molar-refractivity contribution >= 4 is 11.6 Å². The maximum absolute atomic E-state index is 6.15. The maximum Gasteiger partial charge on any atom is 0.119 e. The van der Waals surface area contributed by atoms with Crippen molar-refractivity contribution in [3.8, 4) is 5.75 Å². The smallest absolute Gasteiger partial charge is 0.119 e. The van der Waals surface area contributed by atoms with Crippen LogP contribution in [0.25, 0.3) is 0 Å². The molecular weight excluding hydrogens is 344 g/mol. The predicted molar refractivity (Wildman–Crippen MR) is 107 cm³/mol. The summed E-state index contributed by atoms with van der Waals surface area (Å²) in [5.41, 5.74) is 10.1. The van der Waals surface area contributed by atoms with Crippen LogP contribution in [0.5, 0.6) is 5.75 Å². The lowest BCUT2D eigenvalue weighted by atomic mass is 9.57. The van der Waals surface area contributed by atoms with Gasteiger partial charge in [-0.2, -0.15) is 0 Å². The Morgan fingerprint density at radius 3 is 2.62 bits per heavy atom. The molecule has 0 aromatic heterocycles. The van der Waals surface area contributed by atoms with Gasteiger partial charge in [-0.1, -0.05) is 36.2 Å². The molecule has 4 heteroatoms. The molecule has 0 radical (unpaired) electrons. The maximum atomic E-state index is 6.15. The number of hydrogen-bond acceptors (Lipinski definition) is 3. The second-order valence-corrected chi connectivity index (χ2v) is 8.08. The highest BCUT2D eigenvalue weighted by Crippen LogP contribution is 2.56. The van der Waals surface area contributed by atoms with E-state index in [9.17, 15) is 0 Å². The average molecular weight is 371 g/mol. The molecule has 0 bridgehead atoms. The lowest BCUT2D eigenvalue weighted by molar-refractivity contribution is 0.0715. The Morgan fingerprint density at radius 1 is 1.19 bits per heavy atom. The molecule has 2 aromatic rings. The summed E-state index contributed by atoms with van der Waals surface area (Å²) in [7, 11) is 2.26. The number of benzene rings is 2. The van der Waals surface area contributed by atoms with Gasteiger partial charge >= 0.3 is 0 Å². The number of hydrogen-bond donors (Lipinski definition) is 1. The second kappa shape index (κ2) is 7.22. The minimum Gasteiger partial charge on any atom is -0.492 e. The number of ether oxygens (including phenoxy) is 1. The molecule has 0 saturated heterocycles. The summed E-state index contributed by atoms with van der Waals surface area (Å²) in [5, 5.41) is 0.804. The normalized spacial score (nSPS) is 21.7. The molecule has 138 valence electrons. The fourth-order valence-corrected chi connectivity index (χ4v) is 4.89. The van der Waals surface area contributed by atoms with Crippen LogP contribution in [-0.2, 0) is 11.8 Å². The van der Waals surface area contributed by atoms with Crippen molar-refractivity contribution in [2.45, 2.75) is 37.1 Å². The van der Waals surface area contributed by atoms with Gasteiger partial charge in [-0.15, -0.1) is 0 Å². The van der Waals surface area contributed by atoms with Crippen molar-refractivity contribution < 1.29 is 4.74 Å². The highest BCUT2D eigenvalue weighted by atomic mass is 35.5. The Labute approximate surface area is 161 Å². The Bertz CT molecular complexity index is 770. The molecule has 3 nitrogen and oxygen atoms in total. The van der Waals surface area contributed by atoms with Crippen LogP contribution in [0.1, 0.15) is 42.0 Å². The number of rotatable bonds is 5. The first-order chi connectivity index (χ1) is 12.6. The van der Waals surface area contributed by atoms with Crippen molar-refractivity contribution in [2.75, 3.05) is 26.7 Å². The molecule has 1 fully saturated rings. The van der Waals surface area contributed by atoms with Gasteiger partial charge in [-0.25, -0.2) is 0 Å². The molecule has 1 heterocycles. The lowest BCUT2D eigenvalue weighted by Gasteiger charge is -2.53. The molecule has 1 aliphatic heterocycles. The number of nitrogens with two attached hydrogens (primary N) is 1. The Kier molecular flexibility index (Phi) is 4.96. The molecule has 1 saturated carbocycles. The summed E-state index contributed by atoms with van der Waals surface area (Å²) in [4.78, 5) is 2.53. The van der Waals surface area contributed by atoms with Gasteiger partial charge in [-0.3, -0.25) is 4.90 Å². The SMILES string of the molecule is CN1CCc2ccc(OCCN)cc2C1C1(c2ccc(Cl)cc2)CCC1. The van der Waals surface area contributed by atoms with Gasteiger partial charge in [-0.05, 0) is 67.3 Å². The van der Waals surface area contributed by atoms with Crippen LogP contribution in [0.2, 0.25) is 5.02 Å². The van der Waals surface area contributed by atoms with Crippen LogP contribution in [-0.4, -0.2) is 31.6 Å². The predicted octanol–water partition coefficient (Wildman–Crippen LogP) is 4.33. The van der Waals surface area contributed by atoms with Crippen LogP contribution in [0.15, 0.2) is 42.5 Å². The molecule has 26 heavy (non-hydrogen) atoms. The summed E-state index contributed by atoms with van der Waals surface area (Å²) in [6, 6.07) is 15.5. The van der Waals surface area contributed by atoms with Gasteiger partial charge in [0.05, 0.1) is 0 Å². The van der Waals surface area contributed by atoms with Gasteiger partial charge in [0, 0.05) is 29.6 Å². The van der Waals surface area contributed by atoms with Crippen molar-refractivity contribution in [1.82, 2.24) is 4.90 Å². The fraction of sp³-hybridized carbons (Fsp3) is 0.455. The van der Waals surface area contributed by atoms with Crippen LogP contribution in [0, 0.1) is 0 Å². The van der Waals surface area contributed by atoms with Crippen molar-refractivity contribution in [3.05, 3.63) is 64.2 Å². The third-order valence-corrected chi connectivity index (χ3v) is 6.41. The molecule has 1 unspecified atom stereocenters. The van der Waals surface area contributed by atoms with E-state index in [4.69, 9.17) is 22.1 Å². The Morgan fingerprint density at radius 2 is 1.96 bits per heavy atom. The van der Waals surface area contributed by atoms with E-state index < -0.39 is 0 Å². The monoisotopic (exact) mass is 370 g/mol. The molecule has 1 atom stereocenters. The van der Waals surface area contributed by atoms with Crippen molar-refractivity contribution in [2.24, 2.45) is 5.73 Å². The summed E-state index contributed by atoms with van der Waals surface area (Å²) < 4.78 is 5.83. The van der Waals surface area contributed by atoms with E-state index in [0.717, 1.165) is 23.7 Å². The molecule has 2 aromatic carbocycles. The van der Waals surface area contributed by atoms with Crippen LogP contribution in [0.3, 0.4) is 0 Å². The third-order valence-electron chi connectivity index (χ3n) is 6.16. The minimum absolute atomic E-state index is 0.168. The summed E-state index contributed by atoms with van der Waals surface area (Å²) in [6.07, 6.45) is 4.82. The van der Waals surface area contributed by atoms with Gasteiger partial charge < -0.3 is 10.5 Å². The lowest BCUT2D eigenvalue weighted by Crippen LogP contribution is -2.49. The first-order valence-corrected chi connectivity index (χ1v) is 9.94. The highest BCUT2D eigenvalue weighted by Gasteiger charge is 2.49. The van der Waals surface area contributed by atoms with Gasteiger partial charge in [0.1, 0.15) is 12.4 Å². The van der Waals surface area contributed by atoms with E-state index in [1.807, 2.05) is 12.1 Å². The summed E-state index contributed by atoms with van der Waals surface area (Å²) >= 11 is 6.15. The van der Waals surface area contributed by atoms with E-state index in [2.05, 4.69) is 42.3 Å². The second-order valence-electron chi connectivity index (χ2n) is 7.65. The molecule has 2 aliphatic rings. The average Bonchev–Trinajstić information content (AvgIpc) is 2.62. The third kappa shape index (κ3) is 3.02. The molecule has 0 amide bonds. The number of halogens is 1. The zero-order chi connectivity index (χ0) is 18.1. The first kappa shape index (κ1) is 17.8. The van der Waals surface area contributed by atoms with Crippen LogP contribution >= 0.6 is 11.6 Å². The van der Waals surface area contributed by atoms with E-state index in [-0.39, 0.29) is 5.41 Å². The minimum atomic E-state index is 0.168. The fourth-order valence-electron chi connectivity index (χ4n) is 4.76.